The average molecular weight is 491 g/mol. The number of allylic oxidation sites excluding steroid dienone is 1. The van der Waals surface area contributed by atoms with Crippen LogP contribution in [0.25, 0.3) is 0 Å². The molecule has 2 rings (SSSR count). The fourth-order valence-electron chi connectivity index (χ4n) is 2.83. The molecule has 146 valence electrons. The summed E-state index contributed by atoms with van der Waals surface area (Å²) >= 11 is 0. The first-order valence-corrected chi connectivity index (χ1v) is 10.9. The van der Waals surface area contributed by atoms with Gasteiger partial charge in [0, 0.05) is 19.3 Å². The molecule has 0 amide bonds. The van der Waals surface area contributed by atoms with E-state index in [0.29, 0.717) is 11.4 Å². The van der Waals surface area contributed by atoms with Gasteiger partial charge in [-0.15, -0.1) is 24.0 Å². The number of aliphatic imine (C=N–C) groups is 1. The summed E-state index contributed by atoms with van der Waals surface area (Å²) in [4.78, 5) is 4.92. The molecule has 26 heavy (non-hydrogen) atoms. The molecule has 0 heterocycles. The minimum Gasteiger partial charge on any atom is -0.357 e. The van der Waals surface area contributed by atoms with E-state index in [9.17, 15) is 8.42 Å². The van der Waals surface area contributed by atoms with Crippen LogP contribution in [0.2, 0.25) is 0 Å². The summed E-state index contributed by atoms with van der Waals surface area (Å²) in [5.41, 5.74) is 2.53. The van der Waals surface area contributed by atoms with Gasteiger partial charge in [0.15, 0.2) is 15.8 Å². The van der Waals surface area contributed by atoms with Crippen molar-refractivity contribution in [2.75, 3.05) is 19.3 Å². The van der Waals surface area contributed by atoms with Crippen LogP contribution in [0.1, 0.15) is 44.6 Å². The van der Waals surface area contributed by atoms with Crippen LogP contribution in [0.4, 0.5) is 0 Å². The molecule has 0 spiro atoms. The minimum absolute atomic E-state index is 0. The number of nitrogens with one attached hydrogen (secondary N) is 2. The molecular formula is C19H30IN3O2S. The van der Waals surface area contributed by atoms with Gasteiger partial charge in [0.05, 0.1) is 11.4 Å². The topological polar surface area (TPSA) is 70.6 Å². The van der Waals surface area contributed by atoms with Crippen LogP contribution in [-0.4, -0.2) is 33.7 Å². The standard InChI is InChI=1S/C19H29N3O2S.HI/c1-3-20-19(21-14-13-16-7-5-4-6-8-16)22-15-17-9-11-18(12-10-17)25(2,23)24;/h7,9-12H,3-6,8,13-15H2,1-2H3,(H2,20,21,22);1H. The molecule has 1 aromatic rings. The molecule has 0 atom stereocenters. The van der Waals surface area contributed by atoms with Gasteiger partial charge in [-0.25, -0.2) is 13.4 Å². The first kappa shape index (κ1) is 23.0. The highest BCUT2D eigenvalue weighted by molar-refractivity contribution is 14.0. The third kappa shape index (κ3) is 8.07. The van der Waals surface area contributed by atoms with E-state index >= 15 is 0 Å². The smallest absolute Gasteiger partial charge is 0.191 e. The molecule has 0 unspecified atom stereocenters. The predicted octanol–water partition coefficient (Wildman–Crippen LogP) is 3.65. The number of guanidine groups is 1. The van der Waals surface area contributed by atoms with Gasteiger partial charge in [0.25, 0.3) is 0 Å². The van der Waals surface area contributed by atoms with Crippen LogP contribution in [0, 0.1) is 0 Å². The van der Waals surface area contributed by atoms with Crippen LogP contribution < -0.4 is 10.6 Å². The summed E-state index contributed by atoms with van der Waals surface area (Å²) in [6.07, 6.45) is 9.72. The lowest BCUT2D eigenvalue weighted by Gasteiger charge is -2.15. The predicted molar refractivity (Wildman–Crippen MR) is 119 cm³/mol. The van der Waals surface area contributed by atoms with Gasteiger partial charge in [-0.1, -0.05) is 23.8 Å². The zero-order valence-electron chi connectivity index (χ0n) is 15.6. The Kier molecular flexibility index (Phi) is 10.2. The van der Waals surface area contributed by atoms with E-state index in [1.54, 1.807) is 17.7 Å². The maximum absolute atomic E-state index is 11.5. The van der Waals surface area contributed by atoms with Crippen LogP contribution in [-0.2, 0) is 16.4 Å². The highest BCUT2D eigenvalue weighted by atomic mass is 127. The second-order valence-corrected chi connectivity index (χ2v) is 8.41. The van der Waals surface area contributed by atoms with E-state index in [-0.39, 0.29) is 24.0 Å². The number of rotatable bonds is 7. The van der Waals surface area contributed by atoms with Gasteiger partial charge < -0.3 is 10.6 Å². The SMILES string of the molecule is CCNC(=NCc1ccc(S(C)(=O)=O)cc1)NCCC1=CCCCC1.I. The van der Waals surface area contributed by atoms with Crippen LogP contribution in [0.5, 0.6) is 0 Å². The van der Waals surface area contributed by atoms with Crippen LogP contribution in [0.15, 0.2) is 45.8 Å². The molecule has 5 nitrogen and oxygen atoms in total. The molecule has 0 saturated carbocycles. The first-order valence-electron chi connectivity index (χ1n) is 8.98. The number of halogens is 1. The Labute approximate surface area is 174 Å². The van der Waals surface area contributed by atoms with Crippen LogP contribution in [0.3, 0.4) is 0 Å². The van der Waals surface area contributed by atoms with Crippen molar-refractivity contribution in [3.05, 3.63) is 41.5 Å². The monoisotopic (exact) mass is 491 g/mol. The maximum Gasteiger partial charge on any atom is 0.191 e. The highest BCUT2D eigenvalue weighted by Crippen LogP contribution is 2.19. The lowest BCUT2D eigenvalue weighted by atomic mass is 9.97. The van der Waals surface area contributed by atoms with Crippen molar-refractivity contribution in [3.63, 3.8) is 0 Å². The Morgan fingerprint density at radius 3 is 2.46 bits per heavy atom. The molecule has 0 aromatic heterocycles. The molecule has 1 aromatic carbocycles. The molecule has 0 saturated heterocycles. The van der Waals surface area contributed by atoms with Gasteiger partial charge in [-0.2, -0.15) is 0 Å². The summed E-state index contributed by atoms with van der Waals surface area (Å²) in [6, 6.07) is 6.90. The molecule has 0 radical (unpaired) electrons. The number of sulfone groups is 1. The van der Waals surface area contributed by atoms with Gasteiger partial charge in [-0.05, 0) is 56.7 Å². The Morgan fingerprint density at radius 2 is 1.88 bits per heavy atom. The first-order chi connectivity index (χ1) is 12.0. The summed E-state index contributed by atoms with van der Waals surface area (Å²) in [5, 5.41) is 6.63. The lowest BCUT2D eigenvalue weighted by Crippen LogP contribution is -2.37. The van der Waals surface area contributed by atoms with Gasteiger partial charge in [0.2, 0.25) is 0 Å². The molecular weight excluding hydrogens is 461 g/mol. The third-order valence-corrected chi connectivity index (χ3v) is 5.37. The van der Waals surface area contributed by atoms with E-state index in [0.717, 1.165) is 31.0 Å². The number of hydrogen-bond acceptors (Lipinski definition) is 3. The third-order valence-electron chi connectivity index (χ3n) is 4.24. The van der Waals surface area contributed by atoms with Crippen molar-refractivity contribution in [3.8, 4) is 0 Å². The lowest BCUT2D eigenvalue weighted by molar-refractivity contribution is 0.602. The highest BCUT2D eigenvalue weighted by Gasteiger charge is 2.06. The van der Waals surface area contributed by atoms with Crippen molar-refractivity contribution >= 4 is 39.8 Å². The molecule has 0 bridgehead atoms. The van der Waals surface area contributed by atoms with Gasteiger partial charge in [-0.3, -0.25) is 0 Å². The normalized spacial score (nSPS) is 15.0. The van der Waals surface area contributed by atoms with E-state index < -0.39 is 9.84 Å². The number of benzene rings is 1. The van der Waals surface area contributed by atoms with Crippen molar-refractivity contribution in [2.45, 2.75) is 50.5 Å². The zero-order valence-corrected chi connectivity index (χ0v) is 18.8. The minimum atomic E-state index is -3.15. The van der Waals surface area contributed by atoms with Crippen molar-refractivity contribution < 1.29 is 8.42 Å². The van der Waals surface area contributed by atoms with Gasteiger partial charge in [0.1, 0.15) is 0 Å². The molecule has 1 aliphatic carbocycles. The maximum atomic E-state index is 11.5. The summed E-state index contributed by atoms with van der Waals surface area (Å²) < 4.78 is 23.0. The second-order valence-electron chi connectivity index (χ2n) is 6.40. The Morgan fingerprint density at radius 1 is 1.15 bits per heavy atom. The molecule has 0 aliphatic heterocycles. The van der Waals surface area contributed by atoms with Crippen molar-refractivity contribution in [1.82, 2.24) is 10.6 Å². The summed E-state index contributed by atoms with van der Waals surface area (Å²) in [6.45, 7) is 4.25. The average Bonchev–Trinajstić information content (AvgIpc) is 2.60. The fraction of sp³-hybridized carbons (Fsp3) is 0.526. The van der Waals surface area contributed by atoms with Crippen LogP contribution >= 0.6 is 24.0 Å². The number of hydrogen-bond donors (Lipinski definition) is 2. The number of nitrogens with zero attached hydrogens (tertiary/aromatic N) is 1. The van der Waals surface area contributed by atoms with E-state index in [1.165, 1.54) is 31.9 Å². The van der Waals surface area contributed by atoms with Gasteiger partial charge >= 0.3 is 0 Å². The van der Waals surface area contributed by atoms with Crippen molar-refractivity contribution in [1.29, 1.82) is 0 Å². The van der Waals surface area contributed by atoms with E-state index in [4.69, 9.17) is 0 Å². The molecule has 2 N–H and O–H groups in total. The zero-order chi connectivity index (χ0) is 18.1. The molecule has 0 fully saturated rings. The molecule has 1 aliphatic rings. The second kappa shape index (κ2) is 11.6. The Balaban J connectivity index is 0.00000338. The summed E-state index contributed by atoms with van der Waals surface area (Å²) in [5.74, 6) is 0.797. The summed E-state index contributed by atoms with van der Waals surface area (Å²) in [7, 11) is -3.15. The fourth-order valence-corrected chi connectivity index (χ4v) is 3.46. The largest absolute Gasteiger partial charge is 0.357 e. The Bertz CT molecular complexity index is 713. The van der Waals surface area contributed by atoms with E-state index in [2.05, 4.69) is 21.7 Å². The van der Waals surface area contributed by atoms with E-state index in [1.807, 2.05) is 19.1 Å². The quantitative estimate of drug-likeness (QED) is 0.265. The van der Waals surface area contributed by atoms with Crippen molar-refractivity contribution in [2.24, 2.45) is 4.99 Å². The molecule has 7 heteroatoms. The Hall–Kier alpha value is -1.09.